The third-order valence-corrected chi connectivity index (χ3v) is 2.56. The number of nitrogens with two attached hydrogens (primary N) is 1. The van der Waals surface area contributed by atoms with Gasteiger partial charge in [0.05, 0.1) is 6.61 Å². The van der Waals surface area contributed by atoms with Crippen LogP contribution < -0.4 is 5.73 Å². The van der Waals surface area contributed by atoms with Crippen LogP contribution in [0.1, 0.15) is 11.1 Å². The highest BCUT2D eigenvalue weighted by Crippen LogP contribution is 2.06. The van der Waals surface area contributed by atoms with Gasteiger partial charge in [0.1, 0.15) is 19.0 Å². The van der Waals surface area contributed by atoms with Gasteiger partial charge in [-0.2, -0.15) is 5.10 Å². The minimum atomic E-state index is -0.380. The molecule has 6 nitrogen and oxygen atoms in total. The molecular weight excluding hydrogens is 246 g/mol. The summed E-state index contributed by atoms with van der Waals surface area (Å²) < 4.78 is 6.53. The second-order valence-electron chi connectivity index (χ2n) is 4.07. The number of aliphatic hydroxyl groups is 1. The first-order chi connectivity index (χ1) is 9.17. The summed E-state index contributed by atoms with van der Waals surface area (Å²) in [6.45, 7) is 0.230. The number of hydrogen-bond donors (Lipinski definition) is 2. The number of nitrogens with zero attached hydrogens (tertiary/aromatic N) is 2. The normalized spacial score (nSPS) is 10.4. The molecule has 1 aromatic carbocycles. The van der Waals surface area contributed by atoms with E-state index in [1.807, 2.05) is 12.1 Å². The Hall–Kier alpha value is -2.34. The highest BCUT2D eigenvalue weighted by molar-refractivity contribution is 5.69. The van der Waals surface area contributed by atoms with Crippen molar-refractivity contribution in [1.29, 1.82) is 0 Å². The second-order valence-corrected chi connectivity index (χ2v) is 4.07. The van der Waals surface area contributed by atoms with E-state index in [9.17, 15) is 4.79 Å². The number of anilines is 1. The molecule has 0 aliphatic carbocycles. The lowest BCUT2D eigenvalue weighted by atomic mass is 10.1. The molecule has 2 rings (SSSR count). The maximum atomic E-state index is 11.6. The van der Waals surface area contributed by atoms with E-state index >= 15 is 0 Å². The van der Waals surface area contributed by atoms with E-state index in [1.165, 1.54) is 4.68 Å². The van der Waals surface area contributed by atoms with Crippen LogP contribution in [0.25, 0.3) is 0 Å². The molecule has 1 heterocycles. The van der Waals surface area contributed by atoms with Gasteiger partial charge in [-0.15, -0.1) is 0 Å². The summed E-state index contributed by atoms with van der Waals surface area (Å²) in [5.41, 5.74) is 7.13. The third-order valence-electron chi connectivity index (χ3n) is 2.56. The van der Waals surface area contributed by atoms with Gasteiger partial charge in [-0.25, -0.2) is 0 Å². The summed E-state index contributed by atoms with van der Waals surface area (Å²) in [7, 11) is 0. The molecule has 0 spiro atoms. The first-order valence-corrected chi connectivity index (χ1v) is 5.80. The Balaban J connectivity index is 1.82. The second kappa shape index (κ2) is 6.01. The van der Waals surface area contributed by atoms with Crippen LogP contribution >= 0.6 is 0 Å². The van der Waals surface area contributed by atoms with E-state index in [0.717, 1.165) is 11.1 Å². The average molecular weight is 261 g/mol. The zero-order valence-corrected chi connectivity index (χ0v) is 10.3. The molecule has 0 fully saturated rings. The van der Waals surface area contributed by atoms with Crippen LogP contribution in [0, 0.1) is 0 Å². The summed E-state index contributed by atoms with van der Waals surface area (Å²) >= 11 is 0. The molecule has 0 unspecified atom stereocenters. The number of ether oxygens (including phenoxy) is 1. The number of carbonyl (C=O) groups is 1. The Labute approximate surface area is 110 Å². The van der Waals surface area contributed by atoms with E-state index in [4.69, 9.17) is 15.6 Å². The SMILES string of the molecule is Nc1ccn(CC(=O)OCc2ccc(CO)cc2)n1. The highest BCUT2D eigenvalue weighted by Gasteiger charge is 2.05. The molecule has 0 saturated carbocycles. The molecule has 0 bridgehead atoms. The fourth-order valence-electron chi connectivity index (χ4n) is 1.55. The van der Waals surface area contributed by atoms with Crippen molar-refractivity contribution < 1.29 is 14.6 Å². The fourth-order valence-corrected chi connectivity index (χ4v) is 1.55. The molecule has 0 saturated heterocycles. The molecule has 1 aromatic heterocycles. The first-order valence-electron chi connectivity index (χ1n) is 5.80. The van der Waals surface area contributed by atoms with E-state index in [0.29, 0.717) is 5.82 Å². The van der Waals surface area contributed by atoms with Gasteiger partial charge >= 0.3 is 5.97 Å². The van der Waals surface area contributed by atoms with Crippen molar-refractivity contribution in [3.8, 4) is 0 Å². The average Bonchev–Trinajstić information content (AvgIpc) is 2.82. The predicted octanol–water partition coefficient (Wildman–Crippen LogP) is 0.701. The van der Waals surface area contributed by atoms with Crippen LogP contribution in [0.5, 0.6) is 0 Å². The molecule has 0 aliphatic heterocycles. The molecule has 0 aliphatic rings. The lowest BCUT2D eigenvalue weighted by Crippen LogP contribution is -2.14. The summed E-state index contributed by atoms with van der Waals surface area (Å²) in [5.74, 6) is -0.0123. The van der Waals surface area contributed by atoms with Crippen LogP contribution in [0.15, 0.2) is 36.5 Å². The van der Waals surface area contributed by atoms with Gasteiger partial charge < -0.3 is 15.6 Å². The number of aromatic nitrogens is 2. The maximum Gasteiger partial charge on any atom is 0.328 e. The van der Waals surface area contributed by atoms with Crippen molar-refractivity contribution in [2.75, 3.05) is 5.73 Å². The molecule has 0 radical (unpaired) electrons. The number of esters is 1. The van der Waals surface area contributed by atoms with E-state index in [1.54, 1.807) is 24.4 Å². The van der Waals surface area contributed by atoms with Crippen LogP contribution in [-0.2, 0) is 29.3 Å². The highest BCUT2D eigenvalue weighted by atomic mass is 16.5. The zero-order valence-electron chi connectivity index (χ0n) is 10.3. The number of nitrogen functional groups attached to an aromatic ring is 1. The fraction of sp³-hybridized carbons (Fsp3) is 0.231. The Morgan fingerprint density at radius 1 is 1.26 bits per heavy atom. The lowest BCUT2D eigenvalue weighted by molar-refractivity contribution is -0.145. The quantitative estimate of drug-likeness (QED) is 0.773. The Bertz CT molecular complexity index is 549. The number of rotatable bonds is 5. The van der Waals surface area contributed by atoms with Crippen LogP contribution in [0.2, 0.25) is 0 Å². The molecule has 0 amide bonds. The van der Waals surface area contributed by atoms with Crippen molar-refractivity contribution in [1.82, 2.24) is 9.78 Å². The monoisotopic (exact) mass is 261 g/mol. The minimum absolute atomic E-state index is 0.000782. The van der Waals surface area contributed by atoms with Crippen LogP contribution in [-0.4, -0.2) is 20.9 Å². The molecule has 6 heteroatoms. The van der Waals surface area contributed by atoms with Crippen molar-refractivity contribution >= 4 is 11.8 Å². The smallest absolute Gasteiger partial charge is 0.328 e. The van der Waals surface area contributed by atoms with Gasteiger partial charge in [0.2, 0.25) is 0 Å². The van der Waals surface area contributed by atoms with Gasteiger partial charge in [0.25, 0.3) is 0 Å². The Kier molecular flexibility index (Phi) is 4.15. The molecular formula is C13H15N3O3. The summed E-state index contributed by atoms with van der Waals surface area (Å²) in [6, 6.07) is 8.81. The van der Waals surface area contributed by atoms with Crippen LogP contribution in [0.4, 0.5) is 5.82 Å². The minimum Gasteiger partial charge on any atom is -0.459 e. The number of hydrogen-bond acceptors (Lipinski definition) is 5. The number of benzene rings is 1. The van der Waals surface area contributed by atoms with E-state index < -0.39 is 0 Å². The van der Waals surface area contributed by atoms with Crippen LogP contribution in [0.3, 0.4) is 0 Å². The lowest BCUT2D eigenvalue weighted by Gasteiger charge is -2.05. The molecule has 100 valence electrons. The molecule has 3 N–H and O–H groups in total. The van der Waals surface area contributed by atoms with Crippen molar-refractivity contribution in [3.05, 3.63) is 47.7 Å². The molecule has 2 aromatic rings. The predicted molar refractivity (Wildman–Crippen MR) is 68.8 cm³/mol. The van der Waals surface area contributed by atoms with E-state index in [-0.39, 0.29) is 25.7 Å². The maximum absolute atomic E-state index is 11.6. The zero-order chi connectivity index (χ0) is 13.7. The first kappa shape index (κ1) is 13.1. The van der Waals surface area contributed by atoms with Gasteiger partial charge in [-0.1, -0.05) is 24.3 Å². The van der Waals surface area contributed by atoms with Crippen molar-refractivity contribution in [2.24, 2.45) is 0 Å². The molecule has 0 atom stereocenters. The summed E-state index contributed by atoms with van der Waals surface area (Å²) in [4.78, 5) is 11.6. The van der Waals surface area contributed by atoms with Crippen molar-refractivity contribution in [2.45, 2.75) is 19.8 Å². The number of aliphatic hydroxyl groups excluding tert-OH is 1. The largest absolute Gasteiger partial charge is 0.459 e. The Morgan fingerprint density at radius 2 is 1.95 bits per heavy atom. The van der Waals surface area contributed by atoms with Gasteiger partial charge in [-0.05, 0) is 17.2 Å². The van der Waals surface area contributed by atoms with Gasteiger partial charge in [-0.3, -0.25) is 9.48 Å². The third kappa shape index (κ3) is 3.82. The Morgan fingerprint density at radius 3 is 2.53 bits per heavy atom. The van der Waals surface area contributed by atoms with Crippen molar-refractivity contribution in [3.63, 3.8) is 0 Å². The van der Waals surface area contributed by atoms with Gasteiger partial charge in [0, 0.05) is 6.20 Å². The standard InChI is InChI=1S/C13H15N3O3/c14-12-5-6-16(15-12)7-13(18)19-9-11-3-1-10(8-17)2-4-11/h1-6,17H,7-9H2,(H2,14,15). The summed E-state index contributed by atoms with van der Waals surface area (Å²) in [5, 5.41) is 12.8. The molecule has 19 heavy (non-hydrogen) atoms. The van der Waals surface area contributed by atoms with E-state index in [2.05, 4.69) is 5.10 Å². The number of carbonyl (C=O) groups excluding carboxylic acids is 1. The summed E-state index contributed by atoms with van der Waals surface area (Å²) in [6.07, 6.45) is 1.62. The topological polar surface area (TPSA) is 90.4 Å². The van der Waals surface area contributed by atoms with Gasteiger partial charge in [0.15, 0.2) is 0 Å².